The molecule has 48 heavy (non-hydrogen) atoms. The van der Waals surface area contributed by atoms with Crippen LogP contribution in [0.1, 0.15) is 54.4 Å². The highest BCUT2D eigenvalue weighted by Crippen LogP contribution is 2.32. The molecule has 252 valence electrons. The Labute approximate surface area is 293 Å². The van der Waals surface area contributed by atoms with Crippen LogP contribution in [0.25, 0.3) is 0 Å². The Morgan fingerprint density at radius 2 is 1.46 bits per heavy atom. The fourth-order valence-electron chi connectivity index (χ4n) is 6.13. The summed E-state index contributed by atoms with van der Waals surface area (Å²) in [6, 6.07) is 27.2. The van der Waals surface area contributed by atoms with E-state index in [1.165, 1.54) is 17.0 Å². The van der Waals surface area contributed by atoms with E-state index in [1.807, 2.05) is 49.4 Å². The summed E-state index contributed by atoms with van der Waals surface area (Å²) in [5, 5.41) is 4.03. The number of hydrogen-bond acceptors (Lipinski definition) is 4. The number of anilines is 1. The van der Waals surface area contributed by atoms with Gasteiger partial charge in [-0.15, -0.1) is 0 Å². The molecule has 5 rings (SSSR count). The fraction of sp³-hybridized carbons (Fsp3) is 0.316. The molecule has 1 saturated carbocycles. The molecule has 1 aliphatic carbocycles. The van der Waals surface area contributed by atoms with Crippen molar-refractivity contribution in [2.45, 2.75) is 75.9 Å². The topological polar surface area (TPSA) is 86.8 Å². The number of hydrogen-bond donors (Lipinski definition) is 1. The fourth-order valence-corrected chi connectivity index (χ4v) is 7.96. The van der Waals surface area contributed by atoms with Crippen LogP contribution in [0.5, 0.6) is 0 Å². The molecule has 0 radical (unpaired) electrons. The Kier molecular flexibility index (Phi) is 11.8. The Bertz CT molecular complexity index is 1830. The molecule has 4 aromatic carbocycles. The molecule has 1 atom stereocenters. The minimum absolute atomic E-state index is 0.00103. The van der Waals surface area contributed by atoms with Gasteiger partial charge >= 0.3 is 0 Å². The molecule has 4 aromatic rings. The second-order valence-corrected chi connectivity index (χ2v) is 15.0. The Morgan fingerprint density at radius 3 is 2.15 bits per heavy atom. The zero-order valence-electron chi connectivity index (χ0n) is 27.2. The minimum atomic E-state index is -4.25. The van der Waals surface area contributed by atoms with E-state index in [1.54, 1.807) is 49.4 Å². The van der Waals surface area contributed by atoms with Gasteiger partial charge in [-0.3, -0.25) is 13.9 Å². The molecule has 1 fully saturated rings. The normalized spacial score (nSPS) is 14.2. The molecule has 0 saturated heterocycles. The lowest BCUT2D eigenvalue weighted by Gasteiger charge is -2.35. The summed E-state index contributed by atoms with van der Waals surface area (Å²) >= 11 is 13.1. The number of carbonyl (C=O) groups is 2. The van der Waals surface area contributed by atoms with Gasteiger partial charge in [0.15, 0.2) is 0 Å². The molecule has 0 spiro atoms. The van der Waals surface area contributed by atoms with E-state index in [0.717, 1.165) is 47.5 Å². The molecule has 0 aromatic heterocycles. The monoisotopic (exact) mass is 705 g/mol. The number of sulfonamides is 1. The number of nitrogens with one attached hydrogen (secondary N) is 1. The van der Waals surface area contributed by atoms with Crippen molar-refractivity contribution in [3.05, 3.63) is 129 Å². The third-order valence-electron chi connectivity index (χ3n) is 8.92. The number of nitrogens with zero attached hydrogens (tertiary/aromatic N) is 2. The van der Waals surface area contributed by atoms with Crippen LogP contribution in [0.15, 0.2) is 102 Å². The largest absolute Gasteiger partial charge is 0.352 e. The van der Waals surface area contributed by atoms with Crippen molar-refractivity contribution in [2.75, 3.05) is 10.8 Å². The zero-order valence-corrected chi connectivity index (χ0v) is 29.6. The summed E-state index contributed by atoms with van der Waals surface area (Å²) in [7, 11) is -4.25. The number of rotatable bonds is 12. The van der Waals surface area contributed by atoms with E-state index in [9.17, 15) is 18.0 Å². The first kappa shape index (κ1) is 35.5. The molecule has 0 aliphatic heterocycles. The highest BCUT2D eigenvalue weighted by atomic mass is 35.5. The van der Waals surface area contributed by atoms with Crippen LogP contribution < -0.4 is 9.62 Å². The molecular weight excluding hydrogens is 665 g/mol. The van der Waals surface area contributed by atoms with Gasteiger partial charge in [-0.1, -0.05) is 115 Å². The molecule has 0 bridgehead atoms. The zero-order chi connectivity index (χ0) is 34.3. The van der Waals surface area contributed by atoms with E-state index in [-0.39, 0.29) is 35.5 Å². The Morgan fingerprint density at radius 1 is 0.812 bits per heavy atom. The summed E-state index contributed by atoms with van der Waals surface area (Å²) in [6.45, 7) is 3.03. The lowest BCUT2D eigenvalue weighted by atomic mass is 9.94. The predicted molar refractivity (Wildman–Crippen MR) is 193 cm³/mol. The average Bonchev–Trinajstić information content (AvgIpc) is 3.08. The quantitative estimate of drug-likeness (QED) is 0.162. The summed E-state index contributed by atoms with van der Waals surface area (Å²) in [6.07, 6.45) is 5.17. The second-order valence-electron chi connectivity index (χ2n) is 12.4. The first-order valence-electron chi connectivity index (χ1n) is 16.3. The van der Waals surface area contributed by atoms with E-state index in [2.05, 4.69) is 5.32 Å². The lowest BCUT2D eigenvalue weighted by Crippen LogP contribution is -2.55. The van der Waals surface area contributed by atoms with Crippen LogP contribution in [0, 0.1) is 13.8 Å². The number of aryl methyl sites for hydroxylation is 1. The lowest BCUT2D eigenvalue weighted by molar-refractivity contribution is -0.140. The van der Waals surface area contributed by atoms with Gasteiger partial charge in [0, 0.05) is 29.1 Å². The van der Waals surface area contributed by atoms with E-state index >= 15 is 0 Å². The van der Waals surface area contributed by atoms with Gasteiger partial charge in [-0.2, -0.15) is 0 Å². The van der Waals surface area contributed by atoms with Gasteiger partial charge in [-0.25, -0.2) is 8.42 Å². The third-order valence-corrected chi connectivity index (χ3v) is 11.5. The smallest absolute Gasteiger partial charge is 0.264 e. The molecule has 2 amide bonds. The minimum Gasteiger partial charge on any atom is -0.352 e. The second kappa shape index (κ2) is 16.0. The number of benzene rings is 4. The first-order chi connectivity index (χ1) is 23.0. The maximum atomic E-state index is 14.8. The van der Waals surface area contributed by atoms with E-state index in [0.29, 0.717) is 21.2 Å². The molecular formula is C38H41Cl2N3O4S. The average molecular weight is 707 g/mol. The van der Waals surface area contributed by atoms with Gasteiger partial charge in [0.05, 0.1) is 10.6 Å². The molecule has 1 N–H and O–H groups in total. The first-order valence-corrected chi connectivity index (χ1v) is 18.5. The van der Waals surface area contributed by atoms with Crippen molar-refractivity contribution >= 4 is 50.7 Å². The van der Waals surface area contributed by atoms with Crippen LogP contribution in [0.3, 0.4) is 0 Å². The van der Waals surface area contributed by atoms with Crippen molar-refractivity contribution in [3.63, 3.8) is 0 Å². The highest BCUT2D eigenvalue weighted by Gasteiger charge is 2.36. The van der Waals surface area contributed by atoms with Gasteiger partial charge in [0.1, 0.15) is 12.6 Å². The standard InChI is InChI=1S/C38H41Cl2N3O4S/c1-27-20-22-32(23-21-27)48(46,47)43(35-19-11-18-33(39)28(35)2)26-37(44)42(25-30-14-9-10-17-34(30)40)36(24-29-12-5-3-6-13-29)38(45)41-31-15-7-4-8-16-31/h3,5-6,9-14,17-23,31,36H,4,7-8,15-16,24-26H2,1-2H3,(H,41,45)/t36-/m1/s1. The van der Waals surface area contributed by atoms with E-state index in [4.69, 9.17) is 23.2 Å². The van der Waals surface area contributed by atoms with Crippen molar-refractivity contribution in [2.24, 2.45) is 0 Å². The highest BCUT2D eigenvalue weighted by molar-refractivity contribution is 7.92. The molecule has 0 heterocycles. The molecule has 1 aliphatic rings. The number of amides is 2. The van der Waals surface area contributed by atoms with Crippen LogP contribution in [-0.2, 0) is 32.6 Å². The van der Waals surface area contributed by atoms with Crippen LogP contribution in [0.4, 0.5) is 5.69 Å². The van der Waals surface area contributed by atoms with Crippen molar-refractivity contribution in [1.29, 1.82) is 0 Å². The predicted octanol–water partition coefficient (Wildman–Crippen LogP) is 7.89. The maximum Gasteiger partial charge on any atom is 0.264 e. The number of carbonyl (C=O) groups excluding carboxylic acids is 2. The Balaban J connectivity index is 1.59. The van der Waals surface area contributed by atoms with Crippen LogP contribution in [0.2, 0.25) is 10.0 Å². The maximum absolute atomic E-state index is 14.8. The number of halogens is 2. The summed E-state index contributed by atoms with van der Waals surface area (Å²) in [5.41, 5.74) is 3.20. The van der Waals surface area contributed by atoms with Gasteiger partial charge in [0.25, 0.3) is 10.0 Å². The molecule has 7 nitrogen and oxygen atoms in total. The molecule has 10 heteroatoms. The SMILES string of the molecule is Cc1ccc(S(=O)(=O)N(CC(=O)N(Cc2ccccc2Cl)[C@H](Cc2ccccc2)C(=O)NC2CCCCC2)c2cccc(Cl)c2C)cc1. The van der Waals surface area contributed by atoms with Gasteiger partial charge in [0.2, 0.25) is 11.8 Å². The van der Waals surface area contributed by atoms with Crippen molar-refractivity contribution in [1.82, 2.24) is 10.2 Å². The van der Waals surface area contributed by atoms with Crippen LogP contribution in [-0.4, -0.2) is 43.8 Å². The summed E-state index contributed by atoms with van der Waals surface area (Å²) < 4.78 is 29.8. The van der Waals surface area contributed by atoms with Crippen molar-refractivity contribution < 1.29 is 18.0 Å². The van der Waals surface area contributed by atoms with Gasteiger partial charge < -0.3 is 10.2 Å². The summed E-state index contributed by atoms with van der Waals surface area (Å²) in [5.74, 6) is -0.831. The van der Waals surface area contributed by atoms with E-state index < -0.39 is 28.5 Å². The van der Waals surface area contributed by atoms with Crippen LogP contribution >= 0.6 is 23.2 Å². The molecule has 0 unspecified atom stereocenters. The van der Waals surface area contributed by atoms with Gasteiger partial charge in [-0.05, 0) is 73.7 Å². The van der Waals surface area contributed by atoms with Crippen molar-refractivity contribution in [3.8, 4) is 0 Å². The Hall–Kier alpha value is -3.85. The third kappa shape index (κ3) is 8.59. The summed E-state index contributed by atoms with van der Waals surface area (Å²) in [4.78, 5) is 30.5.